The van der Waals surface area contributed by atoms with Crippen LogP contribution in [0.2, 0.25) is 0 Å². The van der Waals surface area contributed by atoms with Crippen molar-refractivity contribution >= 4 is 33.3 Å². The topological polar surface area (TPSA) is 71.8 Å². The van der Waals surface area contributed by atoms with Gasteiger partial charge in [0, 0.05) is 18.6 Å². The van der Waals surface area contributed by atoms with Gasteiger partial charge in [-0.25, -0.2) is 15.0 Å². The molecule has 3 aromatic rings. The van der Waals surface area contributed by atoms with E-state index in [9.17, 15) is 0 Å². The van der Waals surface area contributed by atoms with Gasteiger partial charge in [0.05, 0.1) is 0 Å². The van der Waals surface area contributed by atoms with Gasteiger partial charge in [0.2, 0.25) is 5.16 Å². The smallest absolute Gasteiger partial charge is 0.214 e. The van der Waals surface area contributed by atoms with E-state index in [4.69, 9.17) is 0 Å². The van der Waals surface area contributed by atoms with E-state index in [1.54, 1.807) is 6.20 Å². The van der Waals surface area contributed by atoms with Gasteiger partial charge in [-0.05, 0) is 34.6 Å². The number of halogens is 1. The Labute approximate surface area is 109 Å². The molecular formula is C9H7BrN6S. The van der Waals surface area contributed by atoms with Crippen molar-refractivity contribution in [3.63, 3.8) is 0 Å². The number of rotatable bonds is 2. The summed E-state index contributed by atoms with van der Waals surface area (Å²) in [5.41, 5.74) is 0.792. The lowest BCUT2D eigenvalue weighted by molar-refractivity contribution is 0.955. The molecule has 0 saturated carbocycles. The molecule has 0 radical (unpaired) electrons. The molecule has 0 amide bonds. The van der Waals surface area contributed by atoms with Crippen molar-refractivity contribution in [2.24, 2.45) is 0 Å². The number of fused-ring (bicyclic) bond motifs is 1. The zero-order chi connectivity index (χ0) is 11.8. The second-order valence-corrected chi connectivity index (χ2v) is 5.10. The van der Waals surface area contributed by atoms with Crippen LogP contribution in [0, 0.1) is 6.92 Å². The summed E-state index contributed by atoms with van der Waals surface area (Å²) in [6.45, 7) is 1.86. The van der Waals surface area contributed by atoms with E-state index in [1.807, 2.05) is 23.7 Å². The predicted octanol–water partition coefficient (Wildman–Crippen LogP) is 2.07. The van der Waals surface area contributed by atoms with E-state index in [1.165, 1.54) is 11.8 Å². The van der Waals surface area contributed by atoms with Gasteiger partial charge in [-0.2, -0.15) is 0 Å². The molecule has 0 aliphatic rings. The molecule has 0 bridgehead atoms. The highest BCUT2D eigenvalue weighted by molar-refractivity contribution is 9.10. The summed E-state index contributed by atoms with van der Waals surface area (Å²) in [6.07, 6.45) is 5.46. The van der Waals surface area contributed by atoms with Crippen LogP contribution in [0.25, 0.3) is 5.65 Å². The molecule has 3 aromatic heterocycles. The number of aryl methyl sites for hydroxylation is 1. The van der Waals surface area contributed by atoms with E-state index >= 15 is 0 Å². The Morgan fingerprint density at radius 1 is 1.41 bits per heavy atom. The molecular weight excluding hydrogens is 304 g/mol. The van der Waals surface area contributed by atoms with Crippen LogP contribution >= 0.6 is 27.7 Å². The van der Waals surface area contributed by atoms with E-state index in [0.29, 0.717) is 5.16 Å². The minimum absolute atomic E-state index is 0.637. The molecule has 0 atom stereocenters. The zero-order valence-corrected chi connectivity index (χ0v) is 11.2. The number of nitrogens with one attached hydrogen (secondary N) is 1. The van der Waals surface area contributed by atoms with Gasteiger partial charge < -0.3 is 4.40 Å². The normalized spacial score (nSPS) is 11.2. The minimum Gasteiger partial charge on any atom is -0.302 e. The molecule has 1 N–H and O–H groups in total. The molecule has 0 aliphatic carbocycles. The Hall–Kier alpha value is -1.41. The molecule has 0 aliphatic heterocycles. The van der Waals surface area contributed by atoms with Crippen LogP contribution in [-0.4, -0.2) is 29.5 Å². The molecule has 3 rings (SSSR count). The van der Waals surface area contributed by atoms with E-state index in [0.717, 1.165) is 21.1 Å². The summed E-state index contributed by atoms with van der Waals surface area (Å²) in [7, 11) is 0. The van der Waals surface area contributed by atoms with Gasteiger partial charge in [-0.15, -0.1) is 5.10 Å². The van der Waals surface area contributed by atoms with Gasteiger partial charge in [-0.3, -0.25) is 5.10 Å². The number of H-pyrrole nitrogens is 1. The van der Waals surface area contributed by atoms with E-state index < -0.39 is 0 Å². The molecule has 0 saturated heterocycles. The van der Waals surface area contributed by atoms with Gasteiger partial charge >= 0.3 is 0 Å². The van der Waals surface area contributed by atoms with Crippen LogP contribution in [0.3, 0.4) is 0 Å². The maximum atomic E-state index is 4.38. The Morgan fingerprint density at radius 3 is 3.06 bits per heavy atom. The highest BCUT2D eigenvalue weighted by Crippen LogP contribution is 2.27. The number of hydrogen-bond acceptors (Lipinski definition) is 5. The first kappa shape index (κ1) is 10.7. The Kier molecular flexibility index (Phi) is 2.60. The Morgan fingerprint density at radius 2 is 2.29 bits per heavy atom. The Bertz CT molecular complexity index is 675. The average molecular weight is 311 g/mol. The van der Waals surface area contributed by atoms with Crippen molar-refractivity contribution in [1.29, 1.82) is 0 Å². The van der Waals surface area contributed by atoms with Crippen molar-refractivity contribution in [2.75, 3.05) is 0 Å². The molecule has 17 heavy (non-hydrogen) atoms. The lowest BCUT2D eigenvalue weighted by atomic mass is 10.7. The summed E-state index contributed by atoms with van der Waals surface area (Å²) in [4.78, 5) is 12.9. The summed E-state index contributed by atoms with van der Waals surface area (Å²) in [6, 6.07) is 0. The SMILES string of the molecule is Cc1nc(Sc2nc(Br)cn3ccnc23)n[nH]1. The zero-order valence-electron chi connectivity index (χ0n) is 8.75. The second kappa shape index (κ2) is 4.11. The van der Waals surface area contributed by atoms with Crippen LogP contribution in [0.4, 0.5) is 0 Å². The van der Waals surface area contributed by atoms with Crippen LogP contribution in [0.1, 0.15) is 5.82 Å². The van der Waals surface area contributed by atoms with Gasteiger partial charge in [0.15, 0.2) is 5.65 Å². The van der Waals surface area contributed by atoms with Crippen molar-refractivity contribution in [3.05, 3.63) is 29.0 Å². The first-order valence-corrected chi connectivity index (χ1v) is 6.39. The highest BCUT2D eigenvalue weighted by atomic mass is 79.9. The van der Waals surface area contributed by atoms with E-state index in [-0.39, 0.29) is 0 Å². The molecule has 86 valence electrons. The summed E-state index contributed by atoms with van der Waals surface area (Å²) in [5.74, 6) is 0.779. The number of aromatic amines is 1. The number of imidazole rings is 1. The van der Waals surface area contributed by atoms with Crippen molar-refractivity contribution in [1.82, 2.24) is 29.5 Å². The first-order chi connectivity index (χ1) is 8.22. The maximum absolute atomic E-state index is 4.38. The standard InChI is InChI=1S/C9H7BrN6S/c1-5-12-9(15-14-5)17-8-7-11-2-3-16(7)4-6(10)13-8/h2-4H,1H3,(H,12,14,15). The van der Waals surface area contributed by atoms with Crippen molar-refractivity contribution in [3.8, 4) is 0 Å². The van der Waals surface area contributed by atoms with Crippen molar-refractivity contribution in [2.45, 2.75) is 17.1 Å². The highest BCUT2D eigenvalue weighted by Gasteiger charge is 2.10. The monoisotopic (exact) mass is 310 g/mol. The average Bonchev–Trinajstić information content (AvgIpc) is 2.87. The fraction of sp³-hybridized carbons (Fsp3) is 0.111. The van der Waals surface area contributed by atoms with Crippen LogP contribution in [0.15, 0.2) is 33.4 Å². The van der Waals surface area contributed by atoms with Crippen LogP contribution in [0.5, 0.6) is 0 Å². The quantitative estimate of drug-likeness (QED) is 0.784. The van der Waals surface area contributed by atoms with Gasteiger partial charge in [0.1, 0.15) is 15.5 Å². The van der Waals surface area contributed by atoms with E-state index in [2.05, 4.69) is 41.1 Å². The van der Waals surface area contributed by atoms with Crippen LogP contribution < -0.4 is 0 Å². The summed E-state index contributed by atoms with van der Waals surface area (Å²) >= 11 is 4.74. The second-order valence-electron chi connectivity index (χ2n) is 3.33. The fourth-order valence-electron chi connectivity index (χ4n) is 1.40. The third kappa shape index (κ3) is 2.05. The molecule has 0 aromatic carbocycles. The molecule has 0 fully saturated rings. The molecule has 6 nitrogen and oxygen atoms in total. The Balaban J connectivity index is 2.07. The largest absolute Gasteiger partial charge is 0.302 e. The molecule has 3 heterocycles. The third-order valence-electron chi connectivity index (χ3n) is 2.08. The lowest BCUT2D eigenvalue weighted by Gasteiger charge is -2.00. The number of aromatic nitrogens is 6. The maximum Gasteiger partial charge on any atom is 0.214 e. The molecule has 8 heteroatoms. The number of hydrogen-bond donors (Lipinski definition) is 1. The fourth-order valence-corrected chi connectivity index (χ4v) is 2.75. The predicted molar refractivity (Wildman–Crippen MR) is 65.9 cm³/mol. The molecule has 0 spiro atoms. The minimum atomic E-state index is 0.637. The van der Waals surface area contributed by atoms with Gasteiger partial charge in [-0.1, -0.05) is 0 Å². The number of nitrogens with zero attached hydrogens (tertiary/aromatic N) is 5. The molecule has 0 unspecified atom stereocenters. The van der Waals surface area contributed by atoms with Crippen molar-refractivity contribution < 1.29 is 0 Å². The lowest BCUT2D eigenvalue weighted by Crippen LogP contribution is -1.92. The van der Waals surface area contributed by atoms with Crippen LogP contribution in [-0.2, 0) is 0 Å². The first-order valence-electron chi connectivity index (χ1n) is 4.78. The van der Waals surface area contributed by atoms with Gasteiger partial charge in [0.25, 0.3) is 0 Å². The third-order valence-corrected chi connectivity index (χ3v) is 3.29. The summed E-state index contributed by atoms with van der Waals surface area (Å²) in [5, 5.41) is 8.27. The summed E-state index contributed by atoms with van der Waals surface area (Å²) < 4.78 is 2.65.